The molecule has 4 heterocycles. The van der Waals surface area contributed by atoms with Crippen LogP contribution in [0.3, 0.4) is 0 Å². The van der Waals surface area contributed by atoms with E-state index in [1.165, 1.54) is 53.4 Å². The fourth-order valence-corrected chi connectivity index (χ4v) is 5.37. The topological polar surface area (TPSA) is 86.6 Å². The molecule has 6 rings (SSSR count). The van der Waals surface area contributed by atoms with E-state index in [4.69, 9.17) is 5.73 Å². The quantitative estimate of drug-likeness (QED) is 0.453. The average molecular weight is 415 g/mol. The van der Waals surface area contributed by atoms with Gasteiger partial charge < -0.3 is 15.6 Å². The minimum Gasteiger partial charge on any atom is -0.354 e. The van der Waals surface area contributed by atoms with Gasteiger partial charge in [0.25, 0.3) is 0 Å². The fourth-order valence-electron chi connectivity index (χ4n) is 5.37. The van der Waals surface area contributed by atoms with Crippen LogP contribution in [-0.4, -0.2) is 50.2 Å². The molecule has 6 heteroatoms. The standard InChI is InChI=1S/C25H30N6/c1-2-18-20-13-17(16-6-11-31(12-7-16)15-25(26)8-9-25)3-4-22(20)29-23(18)19-5-10-27-24-21(19)14-28-30-24/h3-5,10,13-14,16,29H,2,6-9,11-12,15,26H2,1H3,(H,27,28,30). The Morgan fingerprint density at radius 2 is 2.00 bits per heavy atom. The molecule has 6 nitrogen and oxygen atoms in total. The van der Waals surface area contributed by atoms with Crippen LogP contribution in [0.5, 0.6) is 0 Å². The monoisotopic (exact) mass is 414 g/mol. The molecule has 0 unspecified atom stereocenters. The number of nitrogens with two attached hydrogens (primary N) is 1. The Kier molecular flexibility index (Phi) is 4.40. The summed E-state index contributed by atoms with van der Waals surface area (Å²) in [5.41, 5.74) is 13.7. The molecule has 2 fully saturated rings. The highest BCUT2D eigenvalue weighted by Crippen LogP contribution is 2.38. The Morgan fingerprint density at radius 1 is 1.16 bits per heavy atom. The molecule has 1 saturated heterocycles. The van der Waals surface area contributed by atoms with Crippen molar-refractivity contribution in [2.24, 2.45) is 5.73 Å². The Bertz CT molecular complexity index is 1240. The number of aryl methyl sites for hydroxylation is 1. The summed E-state index contributed by atoms with van der Waals surface area (Å²) < 4.78 is 0. The zero-order chi connectivity index (χ0) is 21.0. The molecule has 4 aromatic rings. The molecule has 3 aromatic heterocycles. The maximum absolute atomic E-state index is 6.34. The Morgan fingerprint density at radius 3 is 2.77 bits per heavy atom. The van der Waals surface area contributed by atoms with Gasteiger partial charge in [0.05, 0.1) is 11.9 Å². The minimum atomic E-state index is 0.122. The molecule has 1 aliphatic heterocycles. The number of piperidine rings is 1. The first kappa shape index (κ1) is 19.0. The van der Waals surface area contributed by atoms with Gasteiger partial charge in [-0.3, -0.25) is 5.10 Å². The number of aromatic nitrogens is 4. The van der Waals surface area contributed by atoms with E-state index in [1.54, 1.807) is 0 Å². The normalized spacial score (nSPS) is 19.4. The molecule has 1 saturated carbocycles. The van der Waals surface area contributed by atoms with Crippen molar-refractivity contribution in [3.63, 3.8) is 0 Å². The second-order valence-electron chi connectivity index (χ2n) is 9.54. The summed E-state index contributed by atoms with van der Waals surface area (Å²) in [6.07, 6.45) is 9.55. The number of nitrogens with one attached hydrogen (secondary N) is 2. The lowest BCUT2D eigenvalue weighted by Gasteiger charge is -2.33. The zero-order valence-electron chi connectivity index (χ0n) is 18.1. The van der Waals surface area contributed by atoms with Gasteiger partial charge >= 0.3 is 0 Å². The summed E-state index contributed by atoms with van der Waals surface area (Å²) in [6.45, 7) is 5.65. The smallest absolute Gasteiger partial charge is 0.155 e. The van der Waals surface area contributed by atoms with Crippen molar-refractivity contribution in [2.45, 2.75) is 50.5 Å². The molecule has 160 valence electrons. The van der Waals surface area contributed by atoms with Gasteiger partial charge in [0.1, 0.15) is 0 Å². The number of hydrogen-bond acceptors (Lipinski definition) is 4. The van der Waals surface area contributed by atoms with Crippen molar-refractivity contribution in [2.75, 3.05) is 19.6 Å². The average Bonchev–Trinajstić information content (AvgIpc) is 3.19. The number of rotatable bonds is 5. The lowest BCUT2D eigenvalue weighted by Crippen LogP contribution is -2.43. The Hall–Kier alpha value is -2.70. The number of pyridine rings is 1. The molecule has 0 spiro atoms. The lowest BCUT2D eigenvalue weighted by atomic mass is 9.88. The van der Waals surface area contributed by atoms with E-state index in [0.717, 1.165) is 42.7 Å². The van der Waals surface area contributed by atoms with E-state index in [1.807, 2.05) is 12.4 Å². The van der Waals surface area contributed by atoms with Crippen LogP contribution in [0.1, 0.15) is 49.7 Å². The summed E-state index contributed by atoms with van der Waals surface area (Å²) in [5.74, 6) is 0.637. The zero-order valence-corrected chi connectivity index (χ0v) is 18.1. The van der Waals surface area contributed by atoms with Gasteiger partial charge in [0, 0.05) is 40.1 Å². The van der Waals surface area contributed by atoms with Crippen LogP contribution in [0.4, 0.5) is 0 Å². The van der Waals surface area contributed by atoms with Crippen LogP contribution in [0.25, 0.3) is 33.2 Å². The van der Waals surface area contributed by atoms with Crippen LogP contribution >= 0.6 is 0 Å². The van der Waals surface area contributed by atoms with Crippen LogP contribution in [-0.2, 0) is 6.42 Å². The molecule has 1 aromatic carbocycles. The van der Waals surface area contributed by atoms with Crippen LogP contribution in [0.2, 0.25) is 0 Å². The molecule has 1 aliphatic carbocycles. The first-order valence-corrected chi connectivity index (χ1v) is 11.6. The van der Waals surface area contributed by atoms with Crippen molar-refractivity contribution < 1.29 is 0 Å². The maximum atomic E-state index is 6.34. The fraction of sp³-hybridized carbons (Fsp3) is 0.440. The number of benzene rings is 1. The highest BCUT2D eigenvalue weighted by atomic mass is 15.2. The molecule has 0 atom stereocenters. The van der Waals surface area contributed by atoms with Gasteiger partial charge in [-0.05, 0) is 80.4 Å². The number of fused-ring (bicyclic) bond motifs is 2. The van der Waals surface area contributed by atoms with Gasteiger partial charge in [0.2, 0.25) is 0 Å². The Balaban J connectivity index is 1.31. The molecule has 31 heavy (non-hydrogen) atoms. The van der Waals surface area contributed by atoms with Crippen molar-refractivity contribution in [3.05, 3.63) is 47.8 Å². The van der Waals surface area contributed by atoms with Crippen LogP contribution in [0, 0.1) is 0 Å². The van der Waals surface area contributed by atoms with E-state index in [9.17, 15) is 0 Å². The summed E-state index contributed by atoms with van der Waals surface area (Å²) in [4.78, 5) is 10.7. The highest BCUT2D eigenvalue weighted by molar-refractivity contribution is 5.98. The maximum Gasteiger partial charge on any atom is 0.155 e. The van der Waals surface area contributed by atoms with Crippen molar-refractivity contribution in [1.82, 2.24) is 25.1 Å². The summed E-state index contributed by atoms with van der Waals surface area (Å²) in [6, 6.07) is 9.12. The predicted molar refractivity (Wildman–Crippen MR) is 125 cm³/mol. The van der Waals surface area contributed by atoms with Gasteiger partial charge in [-0.1, -0.05) is 13.0 Å². The third kappa shape index (κ3) is 3.34. The largest absolute Gasteiger partial charge is 0.354 e. The van der Waals surface area contributed by atoms with E-state index in [0.29, 0.717) is 5.92 Å². The number of aromatic amines is 2. The molecule has 2 aliphatic rings. The summed E-state index contributed by atoms with van der Waals surface area (Å²) in [5, 5.41) is 9.59. The first-order valence-electron chi connectivity index (χ1n) is 11.6. The van der Waals surface area contributed by atoms with Crippen LogP contribution in [0.15, 0.2) is 36.7 Å². The molecule has 0 radical (unpaired) electrons. The minimum absolute atomic E-state index is 0.122. The van der Waals surface area contributed by atoms with Gasteiger partial charge in [-0.15, -0.1) is 0 Å². The van der Waals surface area contributed by atoms with E-state index >= 15 is 0 Å². The van der Waals surface area contributed by atoms with Crippen molar-refractivity contribution in [1.29, 1.82) is 0 Å². The first-order chi connectivity index (χ1) is 15.1. The number of likely N-dealkylation sites (tertiary alicyclic amines) is 1. The number of nitrogens with zero attached hydrogens (tertiary/aromatic N) is 3. The molecular formula is C25H30N6. The lowest BCUT2D eigenvalue weighted by molar-refractivity contribution is 0.196. The second kappa shape index (κ2) is 7.18. The van der Waals surface area contributed by atoms with Gasteiger partial charge in [0.15, 0.2) is 5.65 Å². The van der Waals surface area contributed by atoms with Crippen molar-refractivity contribution in [3.8, 4) is 11.3 Å². The number of hydrogen-bond donors (Lipinski definition) is 3. The molecule has 0 bridgehead atoms. The van der Waals surface area contributed by atoms with Gasteiger partial charge in [-0.25, -0.2) is 4.98 Å². The van der Waals surface area contributed by atoms with E-state index in [-0.39, 0.29) is 5.54 Å². The van der Waals surface area contributed by atoms with Crippen LogP contribution < -0.4 is 5.73 Å². The van der Waals surface area contributed by atoms with E-state index in [2.05, 4.69) is 56.3 Å². The van der Waals surface area contributed by atoms with Crippen molar-refractivity contribution >= 4 is 21.9 Å². The van der Waals surface area contributed by atoms with E-state index < -0.39 is 0 Å². The summed E-state index contributed by atoms with van der Waals surface area (Å²) in [7, 11) is 0. The third-order valence-corrected chi connectivity index (χ3v) is 7.40. The number of H-pyrrole nitrogens is 2. The second-order valence-corrected chi connectivity index (χ2v) is 9.54. The predicted octanol–water partition coefficient (Wildman–Crippen LogP) is 4.34. The third-order valence-electron chi connectivity index (χ3n) is 7.40. The highest BCUT2D eigenvalue weighted by Gasteiger charge is 2.40. The molecule has 0 amide bonds. The SMILES string of the molecule is CCc1c(-c2ccnc3[nH]ncc23)[nH]c2ccc(C3CCN(CC4(N)CC4)CC3)cc12. The van der Waals surface area contributed by atoms with Gasteiger partial charge in [-0.2, -0.15) is 5.10 Å². The summed E-state index contributed by atoms with van der Waals surface area (Å²) >= 11 is 0. The molecule has 4 N–H and O–H groups in total. The Labute approximate surface area is 182 Å². The molecular weight excluding hydrogens is 384 g/mol.